The molecule has 1 amide bonds. The molecule has 0 fully saturated rings. The van der Waals surface area contributed by atoms with E-state index < -0.39 is 28.3 Å². The minimum atomic E-state index is -3.21. The smallest absolute Gasteiger partial charge is 0.338 e. The fourth-order valence-electron chi connectivity index (χ4n) is 2.20. The van der Waals surface area contributed by atoms with Gasteiger partial charge in [0, 0.05) is 18.0 Å². The van der Waals surface area contributed by atoms with Crippen LogP contribution >= 0.6 is 0 Å². The maximum Gasteiger partial charge on any atom is 0.338 e. The number of benzene rings is 2. The Morgan fingerprint density at radius 3 is 2.50 bits per heavy atom. The monoisotopic (exact) mass is 377 g/mol. The Hall–Kier alpha value is -2.87. The van der Waals surface area contributed by atoms with Gasteiger partial charge in [0.1, 0.15) is 5.75 Å². The summed E-state index contributed by atoms with van der Waals surface area (Å²) in [7, 11) is -1.70. The molecule has 2 rings (SSSR count). The number of amides is 1. The largest absolute Gasteiger partial charge is 0.497 e. The number of ether oxygens (including phenoxy) is 2. The van der Waals surface area contributed by atoms with Crippen molar-refractivity contribution in [3.05, 3.63) is 59.7 Å². The molecule has 2 aromatic rings. The molecular weight excluding hydrogens is 358 g/mol. The van der Waals surface area contributed by atoms with Crippen molar-refractivity contribution in [3.63, 3.8) is 0 Å². The number of sulfone groups is 1. The van der Waals surface area contributed by atoms with Gasteiger partial charge in [0.25, 0.3) is 5.91 Å². The third kappa shape index (κ3) is 6.21. The fraction of sp³-hybridized carbons (Fsp3) is 0.222. The van der Waals surface area contributed by atoms with Gasteiger partial charge >= 0.3 is 5.97 Å². The average Bonchev–Trinajstić information content (AvgIpc) is 2.58. The number of carbonyl (C=O) groups is 2. The van der Waals surface area contributed by atoms with Crippen LogP contribution in [-0.2, 0) is 25.1 Å². The zero-order chi connectivity index (χ0) is 19.2. The molecule has 0 bridgehead atoms. The summed E-state index contributed by atoms with van der Waals surface area (Å²) in [6.45, 7) is -0.466. The maximum atomic E-state index is 12.0. The second-order valence-electron chi connectivity index (χ2n) is 5.63. The van der Waals surface area contributed by atoms with E-state index in [-0.39, 0.29) is 11.3 Å². The highest BCUT2D eigenvalue weighted by atomic mass is 32.2. The Bertz CT molecular complexity index is 907. The first-order chi connectivity index (χ1) is 12.3. The molecule has 0 aliphatic carbocycles. The van der Waals surface area contributed by atoms with E-state index in [0.717, 1.165) is 6.26 Å². The number of hydrogen-bond donors (Lipinski definition) is 1. The van der Waals surface area contributed by atoms with E-state index in [9.17, 15) is 18.0 Å². The predicted molar refractivity (Wildman–Crippen MR) is 96.9 cm³/mol. The Morgan fingerprint density at radius 2 is 1.81 bits per heavy atom. The van der Waals surface area contributed by atoms with Gasteiger partial charge in [0.2, 0.25) is 0 Å². The summed E-state index contributed by atoms with van der Waals surface area (Å²) >= 11 is 0. The van der Waals surface area contributed by atoms with Crippen molar-refractivity contribution in [3.8, 4) is 5.75 Å². The van der Waals surface area contributed by atoms with Crippen molar-refractivity contribution in [2.24, 2.45) is 0 Å². The standard InChI is InChI=1S/C18H19NO6S/c1-24-16-8-4-7-15(10-16)19-17(20)11-25-18(21)14-6-3-5-13(9-14)12-26(2,22)23/h3-10H,11-12H2,1-2H3,(H,19,20). The number of hydrogen-bond acceptors (Lipinski definition) is 6. The van der Waals surface area contributed by atoms with Crippen LogP contribution in [0.3, 0.4) is 0 Å². The van der Waals surface area contributed by atoms with E-state index in [1.165, 1.54) is 19.2 Å². The lowest BCUT2D eigenvalue weighted by atomic mass is 10.1. The quantitative estimate of drug-likeness (QED) is 0.742. The lowest BCUT2D eigenvalue weighted by Gasteiger charge is -2.08. The normalized spacial score (nSPS) is 10.8. The Labute approximate surface area is 151 Å². The summed E-state index contributed by atoms with van der Waals surface area (Å²) in [4.78, 5) is 23.9. The molecule has 0 aromatic heterocycles. The summed E-state index contributed by atoms with van der Waals surface area (Å²) in [5, 5.41) is 2.59. The van der Waals surface area contributed by atoms with E-state index in [4.69, 9.17) is 9.47 Å². The number of esters is 1. The van der Waals surface area contributed by atoms with Gasteiger partial charge in [-0.3, -0.25) is 4.79 Å². The van der Waals surface area contributed by atoms with E-state index in [1.807, 2.05) is 0 Å². The van der Waals surface area contributed by atoms with Crippen LogP contribution in [0.25, 0.3) is 0 Å². The Morgan fingerprint density at radius 1 is 1.08 bits per heavy atom. The Kier molecular flexibility index (Phi) is 6.35. The molecule has 0 spiro atoms. The number of nitrogens with one attached hydrogen (secondary N) is 1. The molecule has 7 nitrogen and oxygen atoms in total. The van der Waals surface area contributed by atoms with Gasteiger partial charge in [-0.15, -0.1) is 0 Å². The number of carbonyl (C=O) groups excluding carboxylic acids is 2. The highest BCUT2D eigenvalue weighted by Crippen LogP contribution is 2.16. The van der Waals surface area contributed by atoms with Crippen LogP contribution in [0, 0.1) is 0 Å². The van der Waals surface area contributed by atoms with Crippen LogP contribution in [0.2, 0.25) is 0 Å². The zero-order valence-corrected chi connectivity index (χ0v) is 15.2. The summed E-state index contributed by atoms with van der Waals surface area (Å²) < 4.78 is 32.7. The molecule has 0 saturated heterocycles. The summed E-state index contributed by atoms with van der Waals surface area (Å²) in [6.07, 6.45) is 1.11. The molecule has 0 radical (unpaired) electrons. The van der Waals surface area contributed by atoms with E-state index >= 15 is 0 Å². The van der Waals surface area contributed by atoms with Crippen LogP contribution in [0.4, 0.5) is 5.69 Å². The highest BCUT2D eigenvalue weighted by molar-refractivity contribution is 7.89. The minimum Gasteiger partial charge on any atom is -0.497 e. The third-order valence-corrected chi connectivity index (χ3v) is 4.14. The molecule has 1 N–H and O–H groups in total. The van der Waals surface area contributed by atoms with E-state index in [1.54, 1.807) is 36.4 Å². The van der Waals surface area contributed by atoms with E-state index in [2.05, 4.69) is 5.32 Å². The van der Waals surface area contributed by atoms with Crippen molar-refractivity contribution in [2.75, 3.05) is 25.3 Å². The molecule has 0 heterocycles. The molecule has 0 atom stereocenters. The van der Waals surface area contributed by atoms with Crippen molar-refractivity contribution in [1.29, 1.82) is 0 Å². The summed E-state index contributed by atoms with van der Waals surface area (Å²) in [6, 6.07) is 12.9. The van der Waals surface area contributed by atoms with Gasteiger partial charge in [-0.2, -0.15) is 0 Å². The third-order valence-electron chi connectivity index (χ3n) is 3.28. The number of rotatable bonds is 7. The second-order valence-corrected chi connectivity index (χ2v) is 7.77. The van der Waals surface area contributed by atoms with Gasteiger partial charge in [0.05, 0.1) is 18.4 Å². The van der Waals surface area contributed by atoms with Crippen LogP contribution < -0.4 is 10.1 Å². The van der Waals surface area contributed by atoms with Crippen LogP contribution in [0.5, 0.6) is 5.75 Å². The number of methoxy groups -OCH3 is 1. The van der Waals surface area contributed by atoms with Gasteiger partial charge in [0.15, 0.2) is 16.4 Å². The van der Waals surface area contributed by atoms with Gasteiger partial charge in [-0.1, -0.05) is 18.2 Å². The Balaban J connectivity index is 1.93. The fourth-order valence-corrected chi connectivity index (χ4v) is 2.99. The molecule has 0 aliphatic rings. The molecular formula is C18H19NO6S. The molecule has 0 unspecified atom stereocenters. The molecule has 2 aromatic carbocycles. The first kappa shape index (κ1) is 19.5. The van der Waals surface area contributed by atoms with Crippen LogP contribution in [0.15, 0.2) is 48.5 Å². The molecule has 26 heavy (non-hydrogen) atoms. The maximum absolute atomic E-state index is 12.0. The number of anilines is 1. The lowest BCUT2D eigenvalue weighted by molar-refractivity contribution is -0.119. The topological polar surface area (TPSA) is 98.8 Å². The lowest BCUT2D eigenvalue weighted by Crippen LogP contribution is -2.21. The minimum absolute atomic E-state index is 0.176. The molecule has 8 heteroatoms. The van der Waals surface area contributed by atoms with Gasteiger partial charge in [-0.25, -0.2) is 13.2 Å². The van der Waals surface area contributed by atoms with Crippen molar-refractivity contribution in [2.45, 2.75) is 5.75 Å². The van der Waals surface area contributed by atoms with Crippen molar-refractivity contribution >= 4 is 27.4 Å². The SMILES string of the molecule is COc1cccc(NC(=O)COC(=O)c2cccc(CS(C)(=O)=O)c2)c1. The average molecular weight is 377 g/mol. The van der Waals surface area contributed by atoms with Crippen molar-refractivity contribution in [1.82, 2.24) is 0 Å². The second kappa shape index (κ2) is 8.48. The molecule has 0 saturated carbocycles. The summed E-state index contributed by atoms with van der Waals surface area (Å²) in [5.41, 5.74) is 1.17. The zero-order valence-electron chi connectivity index (χ0n) is 14.4. The highest BCUT2D eigenvalue weighted by Gasteiger charge is 2.12. The summed E-state index contributed by atoms with van der Waals surface area (Å²) in [5.74, 6) is -0.799. The predicted octanol–water partition coefficient (Wildman–Crippen LogP) is 2.04. The van der Waals surface area contributed by atoms with Crippen molar-refractivity contribution < 1.29 is 27.5 Å². The van der Waals surface area contributed by atoms with Crippen LogP contribution in [0.1, 0.15) is 15.9 Å². The van der Waals surface area contributed by atoms with Gasteiger partial charge in [-0.05, 0) is 29.8 Å². The van der Waals surface area contributed by atoms with Crippen LogP contribution in [-0.4, -0.2) is 40.3 Å². The van der Waals surface area contributed by atoms with Gasteiger partial charge < -0.3 is 14.8 Å². The first-order valence-electron chi connectivity index (χ1n) is 7.64. The molecule has 138 valence electrons. The molecule has 0 aliphatic heterocycles. The first-order valence-corrected chi connectivity index (χ1v) is 9.70. The van der Waals surface area contributed by atoms with E-state index in [0.29, 0.717) is 17.0 Å².